The number of aldehydes is 1. The minimum absolute atomic E-state index is 0.0139. The maximum atomic E-state index is 12.8. The first-order valence-electron chi connectivity index (χ1n) is 20.2. The first-order chi connectivity index (χ1) is 24.3. The molecular formula is C46H70O4. The Bertz CT molecular complexity index is 1210. The van der Waals surface area contributed by atoms with Gasteiger partial charge in [-0.1, -0.05) is 108 Å². The zero-order valence-electron chi connectivity index (χ0n) is 32.8. The van der Waals surface area contributed by atoms with Crippen LogP contribution in [0.2, 0.25) is 0 Å². The smallest absolute Gasteiger partial charge is 0.161 e. The van der Waals surface area contributed by atoms with Gasteiger partial charge in [-0.25, -0.2) is 0 Å². The summed E-state index contributed by atoms with van der Waals surface area (Å²) in [7, 11) is 0. The summed E-state index contributed by atoms with van der Waals surface area (Å²) >= 11 is 0. The van der Waals surface area contributed by atoms with Crippen LogP contribution in [0.3, 0.4) is 0 Å². The van der Waals surface area contributed by atoms with E-state index in [0.717, 1.165) is 72.2 Å². The molecule has 10 rings (SSSR count). The zero-order valence-corrected chi connectivity index (χ0v) is 32.8. The minimum atomic E-state index is 0.0139. The van der Waals surface area contributed by atoms with Gasteiger partial charge in [0.1, 0.15) is 12.1 Å². The van der Waals surface area contributed by atoms with Crippen LogP contribution in [0.4, 0.5) is 0 Å². The van der Waals surface area contributed by atoms with Gasteiger partial charge in [0.15, 0.2) is 5.78 Å². The van der Waals surface area contributed by atoms with Gasteiger partial charge in [0.05, 0.1) is 0 Å². The Hall–Kier alpha value is -2.85. The molecule has 8 saturated carbocycles. The molecule has 8 fully saturated rings. The van der Waals surface area contributed by atoms with E-state index < -0.39 is 0 Å². The highest BCUT2D eigenvalue weighted by atomic mass is 16.2. The lowest BCUT2D eigenvalue weighted by atomic mass is 9.48. The Morgan fingerprint density at radius 3 is 1.18 bits per heavy atom. The second kappa shape index (κ2) is 22.2. The SMILES string of the molecule is CC.CC.CC.CC(=O)C12CC3CC(CC(C3)C1)C2.CCO.O=C(/C=C/c1ccccc1)C12CC3CC(CC(C3)C1)C2.O=Cc1ccccc1. The van der Waals surface area contributed by atoms with Gasteiger partial charge < -0.3 is 5.11 Å². The van der Waals surface area contributed by atoms with Gasteiger partial charge in [0.25, 0.3) is 0 Å². The Labute approximate surface area is 305 Å². The fraction of sp³-hybridized carbons (Fsp3) is 0.630. The van der Waals surface area contributed by atoms with Crippen molar-refractivity contribution in [1.82, 2.24) is 0 Å². The molecule has 0 radical (unpaired) electrons. The van der Waals surface area contributed by atoms with E-state index >= 15 is 0 Å². The summed E-state index contributed by atoms with van der Waals surface area (Å²) < 4.78 is 0. The number of carbonyl (C=O) groups excluding carboxylic acids is 3. The molecular weight excluding hydrogens is 617 g/mol. The summed E-state index contributed by atoms with van der Waals surface area (Å²) in [6.45, 7) is 15.8. The Balaban J connectivity index is 0.000000249. The molecule has 0 saturated heterocycles. The first-order valence-corrected chi connectivity index (χ1v) is 20.2. The third-order valence-corrected chi connectivity index (χ3v) is 11.5. The fourth-order valence-electron chi connectivity index (χ4n) is 10.4. The number of hydrogen-bond donors (Lipinski definition) is 1. The molecule has 50 heavy (non-hydrogen) atoms. The fourth-order valence-corrected chi connectivity index (χ4v) is 10.4. The van der Waals surface area contributed by atoms with Crippen molar-refractivity contribution in [1.29, 1.82) is 0 Å². The van der Waals surface area contributed by atoms with Gasteiger partial charge in [-0.15, -0.1) is 0 Å². The van der Waals surface area contributed by atoms with Crippen LogP contribution in [-0.4, -0.2) is 29.6 Å². The van der Waals surface area contributed by atoms with Crippen molar-refractivity contribution >= 4 is 23.9 Å². The molecule has 1 N–H and O–H groups in total. The van der Waals surface area contributed by atoms with Gasteiger partial charge in [-0.05, 0) is 138 Å². The van der Waals surface area contributed by atoms with E-state index in [9.17, 15) is 14.4 Å². The first kappa shape index (κ1) is 43.3. The number of hydrogen-bond acceptors (Lipinski definition) is 4. The van der Waals surface area contributed by atoms with Crippen LogP contribution >= 0.6 is 0 Å². The number of aliphatic hydroxyl groups is 1. The van der Waals surface area contributed by atoms with E-state index in [1.54, 1.807) is 19.1 Å². The van der Waals surface area contributed by atoms with Gasteiger partial charge in [-0.3, -0.25) is 14.4 Å². The number of ketones is 2. The number of benzene rings is 2. The molecule has 0 unspecified atom stereocenters. The molecule has 4 heteroatoms. The summed E-state index contributed by atoms with van der Waals surface area (Å²) in [5, 5.41) is 7.57. The highest BCUT2D eigenvalue weighted by Crippen LogP contribution is 2.61. The number of allylic oxidation sites excluding steroid dienone is 1. The van der Waals surface area contributed by atoms with Crippen molar-refractivity contribution in [2.24, 2.45) is 46.3 Å². The van der Waals surface area contributed by atoms with Crippen LogP contribution in [0.15, 0.2) is 66.7 Å². The summed E-state index contributed by atoms with van der Waals surface area (Å²) in [4.78, 5) is 34.5. The van der Waals surface area contributed by atoms with Crippen molar-refractivity contribution in [2.75, 3.05) is 6.61 Å². The third kappa shape index (κ3) is 11.9. The molecule has 0 amide bonds. The van der Waals surface area contributed by atoms with Crippen molar-refractivity contribution in [3.8, 4) is 0 Å². The lowest BCUT2D eigenvalue weighted by molar-refractivity contribution is -0.141. The molecule has 278 valence electrons. The second-order valence-corrected chi connectivity index (χ2v) is 14.9. The van der Waals surface area contributed by atoms with Crippen molar-refractivity contribution in [3.63, 3.8) is 0 Å². The lowest BCUT2D eigenvalue weighted by Gasteiger charge is -2.55. The predicted octanol–water partition coefficient (Wildman–Crippen LogP) is 11.9. The zero-order chi connectivity index (χ0) is 37.2. The number of carbonyl (C=O) groups is 3. The van der Waals surface area contributed by atoms with Crippen LogP contribution in [0.25, 0.3) is 6.08 Å². The van der Waals surface area contributed by atoms with Crippen LogP contribution < -0.4 is 0 Å². The highest BCUT2D eigenvalue weighted by molar-refractivity contribution is 5.98. The normalized spacial score (nSPS) is 31.1. The average molecular weight is 687 g/mol. The highest BCUT2D eigenvalue weighted by Gasteiger charge is 2.54. The Morgan fingerprint density at radius 2 is 0.900 bits per heavy atom. The van der Waals surface area contributed by atoms with Gasteiger partial charge >= 0.3 is 0 Å². The predicted molar refractivity (Wildman–Crippen MR) is 211 cm³/mol. The molecule has 2 aromatic carbocycles. The van der Waals surface area contributed by atoms with Crippen molar-refractivity contribution in [3.05, 3.63) is 77.9 Å². The molecule has 0 aromatic heterocycles. The maximum absolute atomic E-state index is 12.8. The molecule has 8 aliphatic carbocycles. The van der Waals surface area contributed by atoms with Crippen LogP contribution in [0.1, 0.15) is 148 Å². The quantitative estimate of drug-likeness (QED) is 0.251. The maximum Gasteiger partial charge on any atom is 0.161 e. The monoisotopic (exact) mass is 687 g/mol. The van der Waals surface area contributed by atoms with E-state index in [-0.39, 0.29) is 17.4 Å². The van der Waals surface area contributed by atoms with Crippen molar-refractivity contribution < 1.29 is 19.5 Å². The standard InChI is InChI=1S/C19H22O.C12H18O.C7H6O.C2H6O.3C2H6/c20-18(7-6-14-4-2-1-3-5-14)19-11-15-8-16(12-19)10-17(9-15)13-19;1-8(13)12-5-9-2-10(6-12)4-11(3-9)7-12;8-6-7-4-2-1-3-5-7;1-2-3;3*1-2/h1-7,15-17H,8-13H2;9-11H,2-7H2,1H3;1-6H;3H,2H2,1H3;3*1-2H3/b7-6+;;;;;;. The second-order valence-electron chi connectivity index (χ2n) is 14.9. The lowest BCUT2D eigenvalue weighted by Crippen LogP contribution is -2.49. The van der Waals surface area contributed by atoms with Crippen LogP contribution in [-0.2, 0) is 9.59 Å². The average Bonchev–Trinajstić information content (AvgIpc) is 3.14. The summed E-state index contributed by atoms with van der Waals surface area (Å²) in [5.74, 6) is 6.16. The summed E-state index contributed by atoms with van der Waals surface area (Å²) in [5.41, 5.74) is 2.03. The van der Waals surface area contributed by atoms with E-state index in [0.29, 0.717) is 11.6 Å². The van der Waals surface area contributed by atoms with Gasteiger partial charge in [0.2, 0.25) is 0 Å². The van der Waals surface area contributed by atoms with E-state index in [2.05, 4.69) is 12.1 Å². The van der Waals surface area contributed by atoms with Crippen molar-refractivity contribution in [2.45, 2.75) is 132 Å². The van der Waals surface area contributed by atoms with E-state index in [4.69, 9.17) is 5.11 Å². The minimum Gasteiger partial charge on any atom is -0.397 e. The summed E-state index contributed by atoms with van der Waals surface area (Å²) in [6.07, 6.45) is 20.4. The third-order valence-electron chi connectivity index (χ3n) is 11.5. The molecule has 0 atom stereocenters. The number of Topliss-reactive ketones (excluding diaryl/α,β-unsaturated/α-hetero) is 1. The molecule has 8 bridgehead atoms. The van der Waals surface area contributed by atoms with Gasteiger partial charge in [0, 0.05) is 23.0 Å². The number of aliphatic hydroxyl groups excluding tert-OH is 1. The van der Waals surface area contributed by atoms with Gasteiger partial charge in [-0.2, -0.15) is 0 Å². The van der Waals surface area contributed by atoms with E-state index in [1.807, 2.05) is 97.0 Å². The molecule has 8 aliphatic rings. The molecule has 2 aromatic rings. The van der Waals surface area contributed by atoms with Crippen LogP contribution in [0.5, 0.6) is 0 Å². The topological polar surface area (TPSA) is 71.4 Å². The molecule has 4 nitrogen and oxygen atoms in total. The summed E-state index contributed by atoms with van der Waals surface area (Å²) in [6, 6.07) is 19.3. The Kier molecular flexibility index (Phi) is 19.2. The Morgan fingerprint density at radius 1 is 0.600 bits per heavy atom. The number of rotatable bonds is 5. The largest absolute Gasteiger partial charge is 0.397 e. The van der Waals surface area contributed by atoms with Crippen LogP contribution in [0, 0.1) is 46.3 Å². The molecule has 0 heterocycles. The molecule has 0 spiro atoms. The van der Waals surface area contributed by atoms with E-state index in [1.165, 1.54) is 57.8 Å². The molecule has 0 aliphatic heterocycles.